The van der Waals surface area contributed by atoms with Gasteiger partial charge in [0.05, 0.1) is 7.11 Å². The van der Waals surface area contributed by atoms with Crippen LogP contribution in [-0.2, 0) is 0 Å². The maximum absolute atomic E-state index is 13.5. The molecule has 15 heavy (non-hydrogen) atoms. The number of para-hydroxylation sites is 1. The van der Waals surface area contributed by atoms with Gasteiger partial charge in [-0.05, 0) is 18.2 Å². The molecule has 0 aliphatic heterocycles. The fourth-order valence-electron chi connectivity index (χ4n) is 1.50. The van der Waals surface area contributed by atoms with Crippen LogP contribution in [0.15, 0.2) is 42.5 Å². The molecule has 0 spiro atoms. The summed E-state index contributed by atoms with van der Waals surface area (Å²) in [4.78, 5) is 0. The molecule has 0 aliphatic rings. The van der Waals surface area contributed by atoms with Gasteiger partial charge >= 0.3 is 0 Å². The molecular formula is C13H10FO. The Hall–Kier alpha value is -1.83. The Morgan fingerprint density at radius 1 is 1.13 bits per heavy atom. The molecule has 2 aromatic rings. The summed E-state index contributed by atoms with van der Waals surface area (Å²) in [5, 5.41) is 0. The van der Waals surface area contributed by atoms with Gasteiger partial charge in [0.25, 0.3) is 0 Å². The molecule has 0 aromatic heterocycles. The summed E-state index contributed by atoms with van der Waals surface area (Å²) in [5.41, 5.74) is 1.29. The van der Waals surface area contributed by atoms with Crippen molar-refractivity contribution in [2.24, 2.45) is 0 Å². The van der Waals surface area contributed by atoms with E-state index in [1.165, 1.54) is 6.07 Å². The molecule has 1 nitrogen and oxygen atoms in total. The molecule has 0 saturated heterocycles. The Labute approximate surface area is 88.1 Å². The number of ether oxygens (including phenoxy) is 1. The van der Waals surface area contributed by atoms with Gasteiger partial charge in [0.1, 0.15) is 11.6 Å². The van der Waals surface area contributed by atoms with Crippen molar-refractivity contribution in [2.45, 2.75) is 0 Å². The summed E-state index contributed by atoms with van der Waals surface area (Å²) >= 11 is 0. The summed E-state index contributed by atoms with van der Waals surface area (Å²) in [6.07, 6.45) is 0. The van der Waals surface area contributed by atoms with E-state index in [4.69, 9.17) is 4.74 Å². The van der Waals surface area contributed by atoms with Crippen molar-refractivity contribution >= 4 is 0 Å². The Kier molecular flexibility index (Phi) is 2.68. The SMILES string of the molecule is COc1ccccc1-c1cc[c]cc1F. The highest BCUT2D eigenvalue weighted by Crippen LogP contribution is 2.30. The van der Waals surface area contributed by atoms with Crippen LogP contribution < -0.4 is 4.74 Å². The van der Waals surface area contributed by atoms with Crippen molar-refractivity contribution in [3.05, 3.63) is 54.3 Å². The van der Waals surface area contributed by atoms with Crippen molar-refractivity contribution in [3.63, 3.8) is 0 Å². The minimum atomic E-state index is -0.290. The van der Waals surface area contributed by atoms with E-state index < -0.39 is 0 Å². The number of halogens is 1. The Morgan fingerprint density at radius 3 is 2.67 bits per heavy atom. The topological polar surface area (TPSA) is 9.23 Å². The van der Waals surface area contributed by atoms with Crippen LogP contribution in [0.5, 0.6) is 5.75 Å². The molecule has 0 amide bonds. The second-order valence-corrected chi connectivity index (χ2v) is 3.11. The molecule has 2 heteroatoms. The molecule has 0 heterocycles. The number of hydrogen-bond acceptors (Lipinski definition) is 1. The maximum atomic E-state index is 13.5. The van der Waals surface area contributed by atoms with Gasteiger partial charge in [0, 0.05) is 11.1 Å². The molecule has 0 fully saturated rings. The summed E-state index contributed by atoms with van der Waals surface area (Å²) in [5.74, 6) is 0.379. The first kappa shape index (κ1) is 9.71. The van der Waals surface area contributed by atoms with Crippen molar-refractivity contribution in [1.29, 1.82) is 0 Å². The lowest BCUT2D eigenvalue weighted by Crippen LogP contribution is -1.89. The molecule has 1 radical (unpaired) electrons. The lowest BCUT2D eigenvalue weighted by atomic mass is 10.0. The fourth-order valence-corrected chi connectivity index (χ4v) is 1.50. The second-order valence-electron chi connectivity index (χ2n) is 3.11. The van der Waals surface area contributed by atoms with Crippen molar-refractivity contribution < 1.29 is 9.13 Å². The lowest BCUT2D eigenvalue weighted by molar-refractivity contribution is 0.416. The summed E-state index contributed by atoms with van der Waals surface area (Å²) in [7, 11) is 1.58. The van der Waals surface area contributed by atoms with Gasteiger partial charge in [-0.3, -0.25) is 0 Å². The minimum Gasteiger partial charge on any atom is -0.496 e. The fraction of sp³-hybridized carbons (Fsp3) is 0.0769. The first-order valence-electron chi connectivity index (χ1n) is 4.62. The van der Waals surface area contributed by atoms with E-state index in [1.54, 1.807) is 19.2 Å². The zero-order valence-corrected chi connectivity index (χ0v) is 8.33. The van der Waals surface area contributed by atoms with E-state index in [9.17, 15) is 4.39 Å². The molecule has 0 N–H and O–H groups in total. The van der Waals surface area contributed by atoms with E-state index >= 15 is 0 Å². The standard InChI is InChI=1S/C13H10FO/c1-15-13-9-5-3-7-11(13)10-6-2-4-8-12(10)14/h2-3,5-9H,1H3. The van der Waals surface area contributed by atoms with E-state index in [2.05, 4.69) is 6.07 Å². The second kappa shape index (κ2) is 4.13. The van der Waals surface area contributed by atoms with E-state index in [0.717, 1.165) is 5.56 Å². The first-order chi connectivity index (χ1) is 7.33. The van der Waals surface area contributed by atoms with Crippen LogP contribution in [0.1, 0.15) is 0 Å². The van der Waals surface area contributed by atoms with Gasteiger partial charge in [0.2, 0.25) is 0 Å². The number of rotatable bonds is 2. The van der Waals surface area contributed by atoms with E-state index in [1.807, 2.05) is 24.3 Å². The largest absolute Gasteiger partial charge is 0.496 e. The molecule has 75 valence electrons. The quantitative estimate of drug-likeness (QED) is 0.724. The van der Waals surface area contributed by atoms with E-state index in [0.29, 0.717) is 11.3 Å². The maximum Gasteiger partial charge on any atom is 0.131 e. The highest BCUT2D eigenvalue weighted by molar-refractivity contribution is 5.70. The Bertz CT molecular complexity index is 466. The zero-order chi connectivity index (χ0) is 10.7. The normalized spacial score (nSPS) is 10.0. The predicted octanol–water partition coefficient (Wildman–Crippen LogP) is 3.30. The average Bonchev–Trinajstić information content (AvgIpc) is 2.30. The van der Waals surface area contributed by atoms with Crippen LogP contribution in [0.4, 0.5) is 4.39 Å². The molecule has 2 aromatic carbocycles. The van der Waals surface area contributed by atoms with Crippen LogP contribution in [0.3, 0.4) is 0 Å². The van der Waals surface area contributed by atoms with E-state index in [-0.39, 0.29) is 5.82 Å². The number of hydrogen-bond donors (Lipinski definition) is 0. The number of methoxy groups -OCH3 is 1. The van der Waals surface area contributed by atoms with Gasteiger partial charge < -0.3 is 4.74 Å². The first-order valence-corrected chi connectivity index (χ1v) is 4.62. The monoisotopic (exact) mass is 201 g/mol. The van der Waals surface area contributed by atoms with Gasteiger partial charge in [-0.2, -0.15) is 0 Å². The molecule has 0 unspecified atom stereocenters. The third-order valence-electron chi connectivity index (χ3n) is 2.21. The molecule has 2 rings (SSSR count). The van der Waals surface area contributed by atoms with Crippen LogP contribution >= 0.6 is 0 Å². The Balaban J connectivity index is 2.59. The van der Waals surface area contributed by atoms with Gasteiger partial charge in [-0.1, -0.05) is 30.3 Å². The third kappa shape index (κ3) is 1.84. The highest BCUT2D eigenvalue weighted by Gasteiger charge is 2.08. The van der Waals surface area contributed by atoms with Crippen LogP contribution in [0.2, 0.25) is 0 Å². The molecule has 0 aliphatic carbocycles. The zero-order valence-electron chi connectivity index (χ0n) is 8.33. The van der Waals surface area contributed by atoms with Crippen molar-refractivity contribution in [3.8, 4) is 16.9 Å². The highest BCUT2D eigenvalue weighted by atomic mass is 19.1. The third-order valence-corrected chi connectivity index (χ3v) is 2.21. The smallest absolute Gasteiger partial charge is 0.131 e. The minimum absolute atomic E-state index is 0.290. The number of benzene rings is 2. The van der Waals surface area contributed by atoms with Crippen LogP contribution in [0.25, 0.3) is 11.1 Å². The molecular weight excluding hydrogens is 191 g/mol. The van der Waals surface area contributed by atoms with Gasteiger partial charge in [-0.25, -0.2) is 4.39 Å². The van der Waals surface area contributed by atoms with Crippen molar-refractivity contribution in [1.82, 2.24) is 0 Å². The van der Waals surface area contributed by atoms with Gasteiger partial charge in [-0.15, -0.1) is 0 Å². The molecule has 0 atom stereocenters. The van der Waals surface area contributed by atoms with Gasteiger partial charge in [0.15, 0.2) is 0 Å². The molecule has 0 saturated carbocycles. The van der Waals surface area contributed by atoms with Crippen LogP contribution in [0, 0.1) is 11.9 Å². The molecule has 0 bridgehead atoms. The summed E-state index contributed by atoms with van der Waals surface area (Å²) in [6.45, 7) is 0. The summed E-state index contributed by atoms with van der Waals surface area (Å²) in [6, 6.07) is 14.7. The van der Waals surface area contributed by atoms with Crippen molar-refractivity contribution in [2.75, 3.05) is 7.11 Å². The Morgan fingerprint density at radius 2 is 1.93 bits per heavy atom. The summed E-state index contributed by atoms with van der Waals surface area (Å²) < 4.78 is 18.7. The predicted molar refractivity (Wildman–Crippen MR) is 57.2 cm³/mol. The average molecular weight is 201 g/mol. The van der Waals surface area contributed by atoms with Crippen LogP contribution in [-0.4, -0.2) is 7.11 Å². The lowest BCUT2D eigenvalue weighted by Gasteiger charge is -2.08.